The highest BCUT2D eigenvalue weighted by Gasteiger charge is 2.30. The number of halogens is 1. The Labute approximate surface area is 205 Å². The molecule has 2 heterocycles. The maximum atomic E-state index is 13.4. The molecule has 1 aliphatic heterocycles. The Kier molecular flexibility index (Phi) is 6.91. The third-order valence-corrected chi connectivity index (χ3v) is 7.56. The Hall–Kier alpha value is -2.79. The maximum Gasteiger partial charge on any atom is 0.272 e. The van der Waals surface area contributed by atoms with Crippen molar-refractivity contribution in [3.63, 3.8) is 0 Å². The van der Waals surface area contributed by atoms with E-state index < -0.39 is 0 Å². The predicted octanol–water partition coefficient (Wildman–Crippen LogP) is 5.90. The Morgan fingerprint density at radius 2 is 1.74 bits per heavy atom. The third-order valence-electron chi connectivity index (χ3n) is 7.32. The first-order valence-corrected chi connectivity index (χ1v) is 12.9. The average Bonchev–Trinajstić information content (AvgIpc) is 3.13. The van der Waals surface area contributed by atoms with Crippen LogP contribution < -0.4 is 15.8 Å². The quantitative estimate of drug-likeness (QED) is 0.459. The summed E-state index contributed by atoms with van der Waals surface area (Å²) in [6.07, 6.45) is 8.80. The van der Waals surface area contributed by atoms with Crippen LogP contribution in [0.2, 0.25) is 5.02 Å². The smallest absolute Gasteiger partial charge is 0.272 e. The molecular weight excluding hydrogens is 446 g/mol. The second-order valence-electron chi connectivity index (χ2n) is 9.72. The van der Waals surface area contributed by atoms with Gasteiger partial charge in [-0.15, -0.1) is 0 Å². The molecule has 1 amide bonds. The molecule has 1 aliphatic carbocycles. The van der Waals surface area contributed by atoms with E-state index in [1.165, 1.54) is 25.7 Å². The van der Waals surface area contributed by atoms with Crippen LogP contribution in [0.4, 0.5) is 5.69 Å². The molecule has 3 aromatic rings. The summed E-state index contributed by atoms with van der Waals surface area (Å²) in [6.45, 7) is 1.30. The van der Waals surface area contributed by atoms with Gasteiger partial charge in [0.25, 0.3) is 5.56 Å². The highest BCUT2D eigenvalue weighted by Crippen LogP contribution is 2.37. The van der Waals surface area contributed by atoms with Crippen molar-refractivity contribution in [3.8, 4) is 11.1 Å². The van der Waals surface area contributed by atoms with Gasteiger partial charge in [-0.25, -0.2) is 0 Å². The number of anilines is 1. The molecule has 0 bridgehead atoms. The van der Waals surface area contributed by atoms with Gasteiger partial charge in [0.05, 0.1) is 5.92 Å². The number of carbonyl (C=O) groups is 1. The summed E-state index contributed by atoms with van der Waals surface area (Å²) < 4.78 is 0. The van der Waals surface area contributed by atoms with Crippen molar-refractivity contribution in [1.29, 1.82) is 0 Å². The number of aromatic nitrogens is 1. The number of fused-ring (bicyclic) bond motifs is 1. The van der Waals surface area contributed by atoms with Crippen molar-refractivity contribution in [3.05, 3.63) is 63.9 Å². The number of hydrogen-bond acceptors (Lipinski definition) is 3. The summed E-state index contributed by atoms with van der Waals surface area (Å²) in [6, 6.07) is 15.8. The van der Waals surface area contributed by atoms with Crippen molar-refractivity contribution < 1.29 is 4.79 Å². The number of rotatable bonds is 4. The molecule has 1 saturated heterocycles. The second-order valence-corrected chi connectivity index (χ2v) is 10.2. The topological polar surface area (TPSA) is 65.2 Å². The lowest BCUT2D eigenvalue weighted by Crippen LogP contribution is -2.47. The molecular formula is C28H32ClN3O2. The van der Waals surface area contributed by atoms with E-state index in [0.717, 1.165) is 54.3 Å². The molecule has 1 aromatic heterocycles. The molecule has 5 rings (SSSR count). The van der Waals surface area contributed by atoms with Gasteiger partial charge in [0, 0.05) is 40.6 Å². The van der Waals surface area contributed by atoms with E-state index in [1.54, 1.807) is 6.07 Å². The Bertz CT molecular complexity index is 1220. The van der Waals surface area contributed by atoms with Gasteiger partial charge >= 0.3 is 0 Å². The number of nitrogens with one attached hydrogen (secondary N) is 2. The zero-order valence-electron chi connectivity index (χ0n) is 19.5. The van der Waals surface area contributed by atoms with Crippen LogP contribution in [-0.2, 0) is 4.79 Å². The zero-order valence-corrected chi connectivity index (χ0v) is 20.2. The van der Waals surface area contributed by atoms with Crippen LogP contribution in [0.1, 0.15) is 51.4 Å². The van der Waals surface area contributed by atoms with Gasteiger partial charge < -0.3 is 15.2 Å². The van der Waals surface area contributed by atoms with Crippen LogP contribution in [0.25, 0.3) is 22.0 Å². The fraction of sp³-hybridized carbons (Fsp3) is 0.429. The van der Waals surface area contributed by atoms with Gasteiger partial charge in [-0.2, -0.15) is 0 Å². The highest BCUT2D eigenvalue weighted by atomic mass is 35.5. The van der Waals surface area contributed by atoms with E-state index in [9.17, 15) is 9.59 Å². The number of nitrogens with zero attached hydrogens (tertiary/aromatic N) is 1. The Morgan fingerprint density at radius 3 is 2.50 bits per heavy atom. The summed E-state index contributed by atoms with van der Waals surface area (Å²) in [5.74, 6) is 0.0215. The zero-order chi connectivity index (χ0) is 23.5. The molecule has 0 unspecified atom stereocenters. The summed E-state index contributed by atoms with van der Waals surface area (Å²) in [5.41, 5.74) is 3.12. The van der Waals surface area contributed by atoms with Crippen molar-refractivity contribution in [2.75, 3.05) is 18.0 Å². The van der Waals surface area contributed by atoms with E-state index in [2.05, 4.69) is 15.2 Å². The summed E-state index contributed by atoms with van der Waals surface area (Å²) in [7, 11) is 0. The van der Waals surface area contributed by atoms with Crippen molar-refractivity contribution in [2.45, 2.75) is 57.4 Å². The monoisotopic (exact) mass is 477 g/mol. The lowest BCUT2D eigenvalue weighted by Gasteiger charge is -2.35. The summed E-state index contributed by atoms with van der Waals surface area (Å²) in [5, 5.41) is 4.87. The number of aromatic amines is 1. The fourth-order valence-electron chi connectivity index (χ4n) is 5.59. The molecule has 1 saturated carbocycles. The van der Waals surface area contributed by atoms with Gasteiger partial charge in [-0.1, -0.05) is 67.6 Å². The molecule has 5 nitrogen and oxygen atoms in total. The normalized spacial score (nSPS) is 19.7. The minimum Gasteiger partial charge on any atom is -0.366 e. The minimum atomic E-state index is -0.126. The molecule has 2 aliphatic rings. The molecule has 178 valence electrons. The summed E-state index contributed by atoms with van der Waals surface area (Å²) >= 11 is 6.37. The van der Waals surface area contributed by atoms with Gasteiger partial charge in [0.15, 0.2) is 0 Å². The van der Waals surface area contributed by atoms with Gasteiger partial charge in [-0.3, -0.25) is 9.59 Å². The molecule has 1 atom stereocenters. The number of H-pyrrole nitrogens is 1. The third kappa shape index (κ3) is 4.85. The van der Waals surface area contributed by atoms with Gasteiger partial charge in [-0.05, 0) is 49.4 Å². The number of benzene rings is 2. The maximum absolute atomic E-state index is 13.4. The Morgan fingerprint density at radius 1 is 0.971 bits per heavy atom. The van der Waals surface area contributed by atoms with E-state index in [0.29, 0.717) is 17.3 Å². The number of piperidine rings is 1. The minimum absolute atomic E-state index is 0.116. The average molecular weight is 478 g/mol. The SMILES string of the molecule is O=C(NC1CCCCCC1)[C@H]1CCCN(c2c(-c3ccccc3)c3cc(Cl)ccc3[nH]c2=O)C1. The lowest BCUT2D eigenvalue weighted by molar-refractivity contribution is -0.126. The van der Waals surface area contributed by atoms with Gasteiger partial charge in [0.1, 0.15) is 5.69 Å². The predicted molar refractivity (Wildman–Crippen MR) is 140 cm³/mol. The first-order valence-electron chi connectivity index (χ1n) is 12.6. The van der Waals surface area contributed by atoms with Crippen LogP contribution in [0, 0.1) is 5.92 Å². The van der Waals surface area contributed by atoms with Crippen LogP contribution >= 0.6 is 11.6 Å². The molecule has 0 spiro atoms. The van der Waals surface area contributed by atoms with Crippen LogP contribution in [0.5, 0.6) is 0 Å². The molecule has 2 N–H and O–H groups in total. The largest absolute Gasteiger partial charge is 0.366 e. The molecule has 6 heteroatoms. The highest BCUT2D eigenvalue weighted by molar-refractivity contribution is 6.31. The molecule has 2 fully saturated rings. The second kappa shape index (κ2) is 10.2. The Balaban J connectivity index is 1.49. The van der Waals surface area contributed by atoms with Crippen molar-refractivity contribution in [2.24, 2.45) is 5.92 Å². The number of carbonyl (C=O) groups excluding carboxylic acids is 1. The fourth-order valence-corrected chi connectivity index (χ4v) is 5.76. The van der Waals surface area contributed by atoms with Crippen molar-refractivity contribution in [1.82, 2.24) is 10.3 Å². The van der Waals surface area contributed by atoms with Crippen LogP contribution in [0.3, 0.4) is 0 Å². The molecule has 0 radical (unpaired) electrons. The number of hydrogen-bond donors (Lipinski definition) is 2. The van der Waals surface area contributed by atoms with Crippen LogP contribution in [0.15, 0.2) is 53.3 Å². The van der Waals surface area contributed by atoms with E-state index in [4.69, 9.17) is 11.6 Å². The van der Waals surface area contributed by atoms with Crippen LogP contribution in [-0.4, -0.2) is 30.0 Å². The lowest BCUT2D eigenvalue weighted by atomic mass is 9.93. The number of amides is 1. The van der Waals surface area contributed by atoms with E-state index >= 15 is 0 Å². The van der Waals surface area contributed by atoms with E-state index in [-0.39, 0.29) is 23.4 Å². The first kappa shape index (κ1) is 23.0. The molecule has 2 aromatic carbocycles. The standard InChI is InChI=1S/C28H32ClN3O2/c29-21-14-15-24-23(17-21)25(19-9-4-3-5-10-19)26(28(34)31-24)32-16-8-11-20(18-32)27(33)30-22-12-6-1-2-7-13-22/h3-5,9-10,14-15,17,20,22H,1-2,6-8,11-13,16,18H2,(H,30,33)(H,31,34)/t20-/m0/s1. The van der Waals surface area contributed by atoms with Gasteiger partial charge in [0.2, 0.25) is 5.91 Å². The first-order chi connectivity index (χ1) is 16.6. The van der Waals surface area contributed by atoms with E-state index in [1.807, 2.05) is 42.5 Å². The molecule has 34 heavy (non-hydrogen) atoms. The number of pyridine rings is 1. The van der Waals surface area contributed by atoms with Crippen molar-refractivity contribution >= 4 is 34.1 Å². The summed E-state index contributed by atoms with van der Waals surface area (Å²) in [4.78, 5) is 31.8.